The smallest absolute Gasteiger partial charge is 0.243 e. The molecule has 1 aromatic carbocycles. The van der Waals surface area contributed by atoms with Gasteiger partial charge in [-0.2, -0.15) is 0 Å². The first-order valence-electron chi connectivity index (χ1n) is 9.17. The SMILES string of the molecule is CCc1ccccc1NC(=O)CN(C)C(=O)CSc1nnc(-c2cccs2)n1C. The molecule has 0 aliphatic carbocycles. The van der Waals surface area contributed by atoms with Crippen molar-refractivity contribution in [2.24, 2.45) is 7.05 Å². The first kappa shape index (κ1) is 21.1. The monoisotopic (exact) mass is 429 g/mol. The Balaban J connectivity index is 1.52. The summed E-state index contributed by atoms with van der Waals surface area (Å²) in [6.45, 7) is 2.03. The van der Waals surface area contributed by atoms with E-state index in [0.29, 0.717) is 5.16 Å². The van der Waals surface area contributed by atoms with E-state index in [1.54, 1.807) is 18.4 Å². The Morgan fingerprint density at radius 3 is 2.72 bits per heavy atom. The van der Waals surface area contributed by atoms with Crippen LogP contribution in [0.1, 0.15) is 12.5 Å². The number of benzene rings is 1. The number of nitrogens with zero attached hydrogens (tertiary/aromatic N) is 4. The zero-order valence-electron chi connectivity index (χ0n) is 16.6. The van der Waals surface area contributed by atoms with Crippen LogP contribution in [0.5, 0.6) is 0 Å². The summed E-state index contributed by atoms with van der Waals surface area (Å²) in [4.78, 5) is 27.2. The lowest BCUT2D eigenvalue weighted by Crippen LogP contribution is -2.36. The van der Waals surface area contributed by atoms with Gasteiger partial charge in [-0.15, -0.1) is 21.5 Å². The Morgan fingerprint density at radius 2 is 2.00 bits per heavy atom. The molecule has 0 spiro atoms. The van der Waals surface area contributed by atoms with Crippen molar-refractivity contribution in [3.8, 4) is 10.7 Å². The van der Waals surface area contributed by atoms with Crippen molar-refractivity contribution in [1.29, 1.82) is 0 Å². The van der Waals surface area contributed by atoms with Gasteiger partial charge in [0.15, 0.2) is 11.0 Å². The van der Waals surface area contributed by atoms with E-state index in [1.807, 2.05) is 60.3 Å². The average molecular weight is 430 g/mol. The fourth-order valence-corrected chi connectivity index (χ4v) is 4.34. The van der Waals surface area contributed by atoms with Crippen LogP contribution in [0.2, 0.25) is 0 Å². The van der Waals surface area contributed by atoms with E-state index < -0.39 is 0 Å². The van der Waals surface area contributed by atoms with Crippen LogP contribution in [-0.4, -0.2) is 50.8 Å². The average Bonchev–Trinajstić information content (AvgIpc) is 3.36. The Hall–Kier alpha value is -2.65. The molecule has 0 atom stereocenters. The lowest BCUT2D eigenvalue weighted by Gasteiger charge is -2.17. The highest BCUT2D eigenvalue weighted by atomic mass is 32.2. The van der Waals surface area contributed by atoms with E-state index in [4.69, 9.17) is 0 Å². The normalized spacial score (nSPS) is 10.7. The van der Waals surface area contributed by atoms with E-state index in [2.05, 4.69) is 15.5 Å². The van der Waals surface area contributed by atoms with Crippen molar-refractivity contribution < 1.29 is 9.59 Å². The van der Waals surface area contributed by atoms with Crippen LogP contribution in [0, 0.1) is 0 Å². The molecule has 0 bridgehead atoms. The highest BCUT2D eigenvalue weighted by molar-refractivity contribution is 7.99. The largest absolute Gasteiger partial charge is 0.336 e. The number of anilines is 1. The van der Waals surface area contributed by atoms with E-state index in [1.165, 1.54) is 16.7 Å². The van der Waals surface area contributed by atoms with E-state index >= 15 is 0 Å². The molecule has 152 valence electrons. The van der Waals surface area contributed by atoms with Crippen molar-refractivity contribution in [3.05, 3.63) is 47.3 Å². The van der Waals surface area contributed by atoms with Crippen molar-refractivity contribution in [1.82, 2.24) is 19.7 Å². The Labute approximate surface area is 178 Å². The summed E-state index contributed by atoms with van der Waals surface area (Å²) in [6, 6.07) is 11.6. The third-order valence-corrected chi connectivity index (χ3v) is 6.25. The third-order valence-electron chi connectivity index (χ3n) is 4.38. The minimum atomic E-state index is -0.217. The fraction of sp³-hybridized carbons (Fsp3) is 0.300. The van der Waals surface area contributed by atoms with Crippen molar-refractivity contribution in [2.45, 2.75) is 18.5 Å². The summed E-state index contributed by atoms with van der Waals surface area (Å²) in [5, 5.41) is 13.9. The summed E-state index contributed by atoms with van der Waals surface area (Å²) in [6.07, 6.45) is 0.826. The van der Waals surface area contributed by atoms with Gasteiger partial charge in [0, 0.05) is 19.8 Å². The highest BCUT2D eigenvalue weighted by Crippen LogP contribution is 2.26. The second-order valence-corrected chi connectivity index (χ2v) is 8.33. The molecule has 2 heterocycles. The Kier molecular flexibility index (Phi) is 7.05. The number of hydrogen-bond acceptors (Lipinski definition) is 6. The van der Waals surface area contributed by atoms with Gasteiger partial charge in [0.1, 0.15) is 0 Å². The topological polar surface area (TPSA) is 80.1 Å². The minimum Gasteiger partial charge on any atom is -0.336 e. The van der Waals surface area contributed by atoms with E-state index in [0.717, 1.165) is 28.4 Å². The zero-order chi connectivity index (χ0) is 20.8. The minimum absolute atomic E-state index is 0.00327. The number of carbonyl (C=O) groups excluding carboxylic acids is 2. The fourth-order valence-electron chi connectivity index (χ4n) is 2.74. The van der Waals surface area contributed by atoms with Gasteiger partial charge in [-0.05, 0) is 29.5 Å². The van der Waals surface area contributed by atoms with Gasteiger partial charge in [0.25, 0.3) is 0 Å². The number of amides is 2. The molecule has 2 amide bonds. The molecule has 2 aromatic heterocycles. The van der Waals surface area contributed by atoms with Crippen LogP contribution in [-0.2, 0) is 23.1 Å². The summed E-state index contributed by atoms with van der Waals surface area (Å²) in [7, 11) is 3.51. The molecule has 3 aromatic rings. The molecule has 3 rings (SSSR count). The molecular formula is C20H23N5O2S2. The maximum absolute atomic E-state index is 12.4. The zero-order valence-corrected chi connectivity index (χ0v) is 18.2. The quantitative estimate of drug-likeness (QED) is 0.556. The molecule has 7 nitrogen and oxygen atoms in total. The molecule has 0 saturated heterocycles. The Bertz CT molecular complexity index is 985. The van der Waals surface area contributed by atoms with E-state index in [9.17, 15) is 9.59 Å². The second kappa shape index (κ2) is 9.71. The van der Waals surface area contributed by atoms with Gasteiger partial charge in [-0.1, -0.05) is 43.0 Å². The van der Waals surface area contributed by atoms with Crippen LogP contribution < -0.4 is 5.32 Å². The summed E-state index contributed by atoms with van der Waals surface area (Å²) >= 11 is 2.90. The van der Waals surface area contributed by atoms with Crippen LogP contribution in [0.15, 0.2) is 46.9 Å². The summed E-state index contributed by atoms with van der Waals surface area (Å²) in [5.74, 6) is 0.600. The van der Waals surface area contributed by atoms with Gasteiger partial charge < -0.3 is 14.8 Å². The molecule has 9 heteroatoms. The van der Waals surface area contributed by atoms with Crippen molar-refractivity contribution >= 4 is 40.6 Å². The second-order valence-electron chi connectivity index (χ2n) is 6.44. The molecule has 1 N–H and O–H groups in total. The molecule has 0 unspecified atom stereocenters. The highest BCUT2D eigenvalue weighted by Gasteiger charge is 2.17. The number of aromatic nitrogens is 3. The van der Waals surface area contributed by atoms with Gasteiger partial charge in [-0.25, -0.2) is 0 Å². The maximum Gasteiger partial charge on any atom is 0.243 e. The maximum atomic E-state index is 12.4. The van der Waals surface area contributed by atoms with Crippen molar-refractivity contribution in [2.75, 3.05) is 24.7 Å². The number of carbonyl (C=O) groups is 2. The van der Waals surface area contributed by atoms with Crippen LogP contribution in [0.25, 0.3) is 10.7 Å². The van der Waals surface area contributed by atoms with Gasteiger partial charge in [0.2, 0.25) is 11.8 Å². The number of para-hydroxylation sites is 1. The van der Waals surface area contributed by atoms with E-state index in [-0.39, 0.29) is 24.1 Å². The number of likely N-dealkylation sites (N-methyl/N-ethyl adjacent to an activating group) is 1. The number of hydrogen-bond donors (Lipinski definition) is 1. The number of aryl methyl sites for hydroxylation is 1. The van der Waals surface area contributed by atoms with Gasteiger partial charge in [-0.3, -0.25) is 9.59 Å². The predicted octanol–water partition coefficient (Wildman–Crippen LogP) is 3.30. The van der Waals surface area contributed by atoms with Crippen molar-refractivity contribution in [3.63, 3.8) is 0 Å². The molecule has 0 fully saturated rings. The van der Waals surface area contributed by atoms with Gasteiger partial charge in [0.05, 0.1) is 17.2 Å². The van der Waals surface area contributed by atoms with Crippen LogP contribution >= 0.6 is 23.1 Å². The molecule has 0 aliphatic rings. The molecular weight excluding hydrogens is 406 g/mol. The molecule has 0 radical (unpaired) electrons. The summed E-state index contributed by atoms with van der Waals surface area (Å²) < 4.78 is 1.87. The standard InChI is InChI=1S/C20H23N5O2S2/c1-4-14-8-5-6-9-15(14)21-17(26)12-24(2)18(27)13-29-20-23-22-19(25(20)3)16-10-7-11-28-16/h5-11H,4,12-13H2,1-3H3,(H,21,26). The summed E-state index contributed by atoms with van der Waals surface area (Å²) in [5.41, 5.74) is 1.85. The predicted molar refractivity (Wildman–Crippen MR) is 117 cm³/mol. The molecule has 29 heavy (non-hydrogen) atoms. The number of thiophene rings is 1. The van der Waals surface area contributed by atoms with Gasteiger partial charge >= 0.3 is 0 Å². The molecule has 0 saturated carbocycles. The first-order valence-corrected chi connectivity index (χ1v) is 11.0. The van der Waals surface area contributed by atoms with Crippen LogP contribution in [0.4, 0.5) is 5.69 Å². The number of thioether (sulfide) groups is 1. The Morgan fingerprint density at radius 1 is 1.21 bits per heavy atom. The lowest BCUT2D eigenvalue weighted by molar-refractivity contribution is -0.131. The van der Waals surface area contributed by atoms with Crippen LogP contribution in [0.3, 0.4) is 0 Å². The third kappa shape index (κ3) is 5.24. The number of nitrogens with one attached hydrogen (secondary N) is 1. The molecule has 0 aliphatic heterocycles. The number of rotatable bonds is 8. The lowest BCUT2D eigenvalue weighted by atomic mass is 10.1. The first-order chi connectivity index (χ1) is 14.0.